The first-order valence-electron chi connectivity index (χ1n) is 8.93. The van der Waals surface area contributed by atoms with Crippen LogP contribution in [0.1, 0.15) is 54.3 Å². The topological polar surface area (TPSA) is 70.6 Å². The van der Waals surface area contributed by atoms with E-state index in [2.05, 4.69) is 15.8 Å². The van der Waals surface area contributed by atoms with Crippen LogP contribution in [-0.4, -0.2) is 17.5 Å². The molecule has 0 aliphatic heterocycles. The molecule has 2 aromatic rings. The molecule has 2 N–H and O–H groups in total. The maximum atomic E-state index is 12.3. The van der Waals surface area contributed by atoms with Crippen molar-refractivity contribution in [1.82, 2.24) is 5.43 Å². The SMILES string of the molecule is C/C(=N/NC(=O)c1cccs1)c1ccc(NC(=O)C2CCCCC2)cc1. The number of hydrogen-bond donors (Lipinski definition) is 2. The molecule has 0 saturated heterocycles. The lowest BCUT2D eigenvalue weighted by Gasteiger charge is -2.20. The average molecular weight is 369 g/mol. The van der Waals surface area contributed by atoms with Crippen molar-refractivity contribution in [2.45, 2.75) is 39.0 Å². The second-order valence-electron chi connectivity index (χ2n) is 6.52. The van der Waals surface area contributed by atoms with E-state index in [-0.39, 0.29) is 17.7 Å². The molecule has 2 amide bonds. The number of amides is 2. The van der Waals surface area contributed by atoms with Crippen molar-refractivity contribution >= 4 is 34.6 Å². The molecule has 1 saturated carbocycles. The first kappa shape index (κ1) is 18.3. The molecule has 26 heavy (non-hydrogen) atoms. The van der Waals surface area contributed by atoms with Crippen LogP contribution in [0.5, 0.6) is 0 Å². The van der Waals surface area contributed by atoms with E-state index in [1.807, 2.05) is 42.6 Å². The van der Waals surface area contributed by atoms with Gasteiger partial charge in [0.25, 0.3) is 5.91 Å². The zero-order valence-corrected chi connectivity index (χ0v) is 15.6. The molecule has 1 aromatic heterocycles. The molecule has 3 rings (SSSR count). The Morgan fingerprint density at radius 1 is 1.08 bits per heavy atom. The number of benzene rings is 1. The van der Waals surface area contributed by atoms with Gasteiger partial charge in [-0.15, -0.1) is 11.3 Å². The van der Waals surface area contributed by atoms with Crippen LogP contribution in [0.15, 0.2) is 46.9 Å². The van der Waals surface area contributed by atoms with Crippen molar-refractivity contribution in [3.8, 4) is 0 Å². The fraction of sp³-hybridized carbons (Fsp3) is 0.350. The van der Waals surface area contributed by atoms with Gasteiger partial charge in [0.15, 0.2) is 0 Å². The Hall–Kier alpha value is -2.47. The molecule has 1 fully saturated rings. The molecule has 0 unspecified atom stereocenters. The van der Waals surface area contributed by atoms with Crippen LogP contribution in [0, 0.1) is 5.92 Å². The number of nitrogens with one attached hydrogen (secondary N) is 2. The van der Waals surface area contributed by atoms with Crippen LogP contribution >= 0.6 is 11.3 Å². The van der Waals surface area contributed by atoms with E-state index >= 15 is 0 Å². The lowest BCUT2D eigenvalue weighted by atomic mass is 9.88. The second kappa shape index (κ2) is 8.76. The number of nitrogens with zero attached hydrogens (tertiary/aromatic N) is 1. The lowest BCUT2D eigenvalue weighted by Crippen LogP contribution is -2.24. The maximum Gasteiger partial charge on any atom is 0.281 e. The van der Waals surface area contributed by atoms with Gasteiger partial charge in [-0.1, -0.05) is 37.5 Å². The number of carbonyl (C=O) groups excluding carboxylic acids is 2. The minimum atomic E-state index is -0.212. The zero-order chi connectivity index (χ0) is 18.4. The van der Waals surface area contributed by atoms with Crippen molar-refractivity contribution in [2.24, 2.45) is 11.0 Å². The van der Waals surface area contributed by atoms with Gasteiger partial charge in [-0.2, -0.15) is 5.10 Å². The van der Waals surface area contributed by atoms with Gasteiger partial charge in [0.2, 0.25) is 5.91 Å². The lowest BCUT2D eigenvalue weighted by molar-refractivity contribution is -0.120. The minimum Gasteiger partial charge on any atom is -0.326 e. The average Bonchev–Trinajstić information content (AvgIpc) is 3.22. The molecule has 0 spiro atoms. The quantitative estimate of drug-likeness (QED) is 0.605. The first-order chi connectivity index (χ1) is 12.6. The normalized spacial score (nSPS) is 15.5. The second-order valence-corrected chi connectivity index (χ2v) is 7.46. The summed E-state index contributed by atoms with van der Waals surface area (Å²) < 4.78 is 0. The van der Waals surface area contributed by atoms with Gasteiger partial charge in [0.1, 0.15) is 0 Å². The Kier molecular flexibility index (Phi) is 6.17. The summed E-state index contributed by atoms with van der Waals surface area (Å²) in [5.41, 5.74) is 4.96. The molecular weight excluding hydrogens is 346 g/mol. The summed E-state index contributed by atoms with van der Waals surface area (Å²) in [7, 11) is 0. The molecule has 6 heteroatoms. The van der Waals surface area contributed by atoms with Gasteiger partial charge in [-0.3, -0.25) is 9.59 Å². The summed E-state index contributed by atoms with van der Waals surface area (Å²) in [5.74, 6) is 0.0426. The Morgan fingerprint density at radius 3 is 2.46 bits per heavy atom. The fourth-order valence-corrected chi connectivity index (χ4v) is 3.68. The third kappa shape index (κ3) is 4.79. The summed E-state index contributed by atoms with van der Waals surface area (Å²) in [5, 5.41) is 9.00. The molecule has 136 valence electrons. The monoisotopic (exact) mass is 369 g/mol. The van der Waals surface area contributed by atoms with E-state index < -0.39 is 0 Å². The van der Waals surface area contributed by atoms with Gasteiger partial charge < -0.3 is 5.32 Å². The van der Waals surface area contributed by atoms with Crippen molar-refractivity contribution < 1.29 is 9.59 Å². The highest BCUT2D eigenvalue weighted by Crippen LogP contribution is 2.25. The van der Waals surface area contributed by atoms with E-state index in [0.717, 1.165) is 36.9 Å². The van der Waals surface area contributed by atoms with Gasteiger partial charge in [0, 0.05) is 11.6 Å². The largest absolute Gasteiger partial charge is 0.326 e. The Balaban J connectivity index is 1.57. The molecule has 1 aliphatic rings. The summed E-state index contributed by atoms with van der Waals surface area (Å²) in [6, 6.07) is 11.1. The molecule has 0 atom stereocenters. The van der Waals surface area contributed by atoms with E-state index in [4.69, 9.17) is 0 Å². The van der Waals surface area contributed by atoms with Crippen molar-refractivity contribution in [1.29, 1.82) is 0 Å². The summed E-state index contributed by atoms with van der Waals surface area (Å²) in [6.07, 6.45) is 5.49. The van der Waals surface area contributed by atoms with Crippen LogP contribution in [0.25, 0.3) is 0 Å². The molecule has 0 bridgehead atoms. The van der Waals surface area contributed by atoms with Crippen LogP contribution in [-0.2, 0) is 4.79 Å². The predicted molar refractivity (Wildman–Crippen MR) is 106 cm³/mol. The highest BCUT2D eigenvalue weighted by molar-refractivity contribution is 7.12. The molecule has 1 heterocycles. The predicted octanol–water partition coefficient (Wildman–Crippen LogP) is 4.42. The van der Waals surface area contributed by atoms with E-state index in [9.17, 15) is 9.59 Å². The molecule has 5 nitrogen and oxygen atoms in total. The number of rotatable bonds is 5. The highest BCUT2D eigenvalue weighted by Gasteiger charge is 2.20. The Morgan fingerprint density at radius 2 is 1.81 bits per heavy atom. The summed E-state index contributed by atoms with van der Waals surface area (Å²) in [6.45, 7) is 1.84. The van der Waals surface area contributed by atoms with Gasteiger partial charge in [-0.25, -0.2) is 5.43 Å². The Bertz CT molecular complexity index is 776. The highest BCUT2D eigenvalue weighted by atomic mass is 32.1. The first-order valence-corrected chi connectivity index (χ1v) is 9.81. The van der Waals surface area contributed by atoms with Gasteiger partial charge in [0.05, 0.1) is 10.6 Å². The Labute approximate surface area is 157 Å². The third-order valence-corrected chi connectivity index (χ3v) is 5.48. The smallest absolute Gasteiger partial charge is 0.281 e. The number of hydrogen-bond acceptors (Lipinski definition) is 4. The van der Waals surface area contributed by atoms with Crippen LogP contribution < -0.4 is 10.7 Å². The van der Waals surface area contributed by atoms with Crippen LogP contribution in [0.2, 0.25) is 0 Å². The van der Waals surface area contributed by atoms with Crippen LogP contribution in [0.3, 0.4) is 0 Å². The molecule has 1 aromatic carbocycles. The third-order valence-electron chi connectivity index (χ3n) is 4.62. The van der Waals surface area contributed by atoms with Crippen molar-refractivity contribution in [3.63, 3.8) is 0 Å². The molecule has 0 radical (unpaired) electrons. The number of anilines is 1. The van der Waals surface area contributed by atoms with Gasteiger partial charge in [-0.05, 0) is 48.9 Å². The van der Waals surface area contributed by atoms with E-state index in [1.54, 1.807) is 6.07 Å². The molecular formula is C20H23N3O2S. The number of carbonyl (C=O) groups is 2. The minimum absolute atomic E-state index is 0.117. The van der Waals surface area contributed by atoms with Crippen molar-refractivity contribution in [3.05, 3.63) is 52.2 Å². The zero-order valence-electron chi connectivity index (χ0n) is 14.8. The van der Waals surface area contributed by atoms with E-state index in [0.29, 0.717) is 10.6 Å². The standard InChI is InChI=1S/C20H23N3O2S/c1-14(22-23-20(25)18-8-5-13-26-18)15-9-11-17(12-10-15)21-19(24)16-6-3-2-4-7-16/h5,8-13,16H,2-4,6-7H2,1H3,(H,21,24)(H,23,25)/b22-14-. The van der Waals surface area contributed by atoms with Crippen LogP contribution in [0.4, 0.5) is 5.69 Å². The number of hydrazone groups is 1. The molecule has 1 aliphatic carbocycles. The summed E-state index contributed by atoms with van der Waals surface area (Å²) in [4.78, 5) is 24.8. The van der Waals surface area contributed by atoms with E-state index in [1.165, 1.54) is 17.8 Å². The maximum absolute atomic E-state index is 12.3. The number of thiophene rings is 1. The fourth-order valence-electron chi connectivity index (χ4n) is 3.07. The summed E-state index contributed by atoms with van der Waals surface area (Å²) >= 11 is 1.38. The van der Waals surface area contributed by atoms with Crippen molar-refractivity contribution in [2.75, 3.05) is 5.32 Å². The van der Waals surface area contributed by atoms with Gasteiger partial charge >= 0.3 is 0 Å².